The summed E-state index contributed by atoms with van der Waals surface area (Å²) >= 11 is 0. The monoisotopic (exact) mass is 295 g/mol. The Morgan fingerprint density at radius 2 is 2.00 bits per heavy atom. The number of pyridine rings is 1. The molecule has 0 bridgehead atoms. The molecule has 3 heterocycles. The Labute approximate surface area is 128 Å². The van der Waals surface area contributed by atoms with E-state index in [1.54, 1.807) is 36.0 Å². The molecular weight excluding hydrogens is 278 g/mol. The first-order valence-electron chi connectivity index (χ1n) is 7.10. The Balaban J connectivity index is 1.91. The van der Waals surface area contributed by atoms with Crippen molar-refractivity contribution in [2.24, 2.45) is 0 Å². The molecule has 112 valence electrons. The van der Waals surface area contributed by atoms with Gasteiger partial charge in [-0.25, -0.2) is 9.97 Å². The number of amides is 1. The molecule has 3 aromatic rings. The molecule has 0 saturated heterocycles. The molecule has 0 saturated carbocycles. The third-order valence-corrected chi connectivity index (χ3v) is 3.60. The van der Waals surface area contributed by atoms with E-state index in [4.69, 9.17) is 0 Å². The fourth-order valence-electron chi connectivity index (χ4n) is 2.56. The van der Waals surface area contributed by atoms with E-state index in [-0.39, 0.29) is 11.9 Å². The first-order valence-corrected chi connectivity index (χ1v) is 7.10. The van der Waals surface area contributed by atoms with Crippen molar-refractivity contribution in [3.05, 3.63) is 59.4 Å². The first-order chi connectivity index (χ1) is 10.6. The van der Waals surface area contributed by atoms with Gasteiger partial charge in [-0.1, -0.05) is 6.07 Å². The number of imidazole rings is 1. The first kappa shape index (κ1) is 14.2. The number of aryl methyl sites for hydroxylation is 2. The summed E-state index contributed by atoms with van der Waals surface area (Å²) in [6.07, 6.45) is 5.17. The van der Waals surface area contributed by atoms with Gasteiger partial charge < -0.3 is 5.32 Å². The summed E-state index contributed by atoms with van der Waals surface area (Å²) in [6.45, 7) is 5.71. The molecule has 0 spiro atoms. The molecular formula is C16H17N5O. The van der Waals surface area contributed by atoms with Gasteiger partial charge in [0.05, 0.1) is 17.4 Å². The Bertz CT molecular complexity index is 839. The molecule has 0 fully saturated rings. The Morgan fingerprint density at radius 1 is 1.23 bits per heavy atom. The number of hydrogen-bond acceptors (Lipinski definition) is 4. The van der Waals surface area contributed by atoms with Crippen LogP contribution < -0.4 is 5.32 Å². The smallest absolute Gasteiger partial charge is 0.270 e. The normalized spacial score (nSPS) is 12.3. The van der Waals surface area contributed by atoms with E-state index in [0.717, 1.165) is 11.3 Å². The second kappa shape index (κ2) is 5.55. The van der Waals surface area contributed by atoms with Gasteiger partial charge >= 0.3 is 0 Å². The van der Waals surface area contributed by atoms with Crippen LogP contribution in [0, 0.1) is 13.8 Å². The van der Waals surface area contributed by atoms with Crippen LogP contribution >= 0.6 is 0 Å². The maximum Gasteiger partial charge on any atom is 0.270 e. The van der Waals surface area contributed by atoms with E-state index in [2.05, 4.69) is 20.3 Å². The summed E-state index contributed by atoms with van der Waals surface area (Å²) in [6, 6.07) is 5.45. The molecule has 6 heteroatoms. The van der Waals surface area contributed by atoms with Crippen LogP contribution in [-0.4, -0.2) is 25.3 Å². The molecule has 3 aromatic heterocycles. The number of aromatic nitrogens is 4. The van der Waals surface area contributed by atoms with Crippen LogP contribution in [0.1, 0.15) is 40.4 Å². The Hall–Kier alpha value is -2.76. The van der Waals surface area contributed by atoms with Gasteiger partial charge in [-0.3, -0.25) is 14.2 Å². The average molecular weight is 295 g/mol. The lowest BCUT2D eigenvalue weighted by molar-refractivity contribution is 0.0932. The van der Waals surface area contributed by atoms with Crippen LogP contribution in [0.15, 0.2) is 36.8 Å². The zero-order chi connectivity index (χ0) is 15.7. The molecule has 0 aliphatic rings. The fraction of sp³-hybridized carbons (Fsp3) is 0.250. The zero-order valence-electron chi connectivity index (χ0n) is 12.7. The van der Waals surface area contributed by atoms with E-state index in [1.807, 2.05) is 26.0 Å². The maximum absolute atomic E-state index is 12.6. The lowest BCUT2D eigenvalue weighted by Crippen LogP contribution is -2.29. The lowest BCUT2D eigenvalue weighted by atomic mass is 10.1. The highest BCUT2D eigenvalue weighted by molar-refractivity contribution is 5.94. The van der Waals surface area contributed by atoms with Gasteiger partial charge in [-0.15, -0.1) is 0 Å². The lowest BCUT2D eigenvalue weighted by Gasteiger charge is -2.15. The molecule has 0 aliphatic carbocycles. The van der Waals surface area contributed by atoms with Crippen molar-refractivity contribution in [2.75, 3.05) is 0 Å². The highest BCUT2D eigenvalue weighted by Gasteiger charge is 2.20. The van der Waals surface area contributed by atoms with Gasteiger partial charge in [0.25, 0.3) is 5.91 Å². The number of nitrogens with one attached hydrogen (secondary N) is 1. The van der Waals surface area contributed by atoms with Crippen LogP contribution in [0.25, 0.3) is 5.78 Å². The summed E-state index contributed by atoms with van der Waals surface area (Å²) in [7, 11) is 0. The molecule has 0 unspecified atom stereocenters. The van der Waals surface area contributed by atoms with E-state index in [1.165, 1.54) is 0 Å². The van der Waals surface area contributed by atoms with E-state index >= 15 is 0 Å². The largest absolute Gasteiger partial charge is 0.343 e. The van der Waals surface area contributed by atoms with Crippen molar-refractivity contribution >= 4 is 11.7 Å². The minimum absolute atomic E-state index is 0.185. The topological polar surface area (TPSA) is 72.2 Å². The molecule has 22 heavy (non-hydrogen) atoms. The number of rotatable bonds is 3. The van der Waals surface area contributed by atoms with Crippen LogP contribution in [0.4, 0.5) is 0 Å². The third-order valence-electron chi connectivity index (χ3n) is 3.60. The average Bonchev–Trinajstić information content (AvgIpc) is 2.83. The quantitative estimate of drug-likeness (QED) is 0.804. The van der Waals surface area contributed by atoms with Gasteiger partial charge in [-0.05, 0) is 38.5 Å². The van der Waals surface area contributed by atoms with Crippen LogP contribution in [0.3, 0.4) is 0 Å². The third kappa shape index (κ3) is 2.43. The molecule has 0 aliphatic heterocycles. The van der Waals surface area contributed by atoms with Crippen molar-refractivity contribution in [3.63, 3.8) is 0 Å². The molecule has 0 aromatic carbocycles. The molecule has 3 rings (SSSR count). The Kier molecular flexibility index (Phi) is 3.58. The number of carbonyl (C=O) groups excluding carboxylic acids is 1. The van der Waals surface area contributed by atoms with Crippen molar-refractivity contribution in [2.45, 2.75) is 26.8 Å². The van der Waals surface area contributed by atoms with Gasteiger partial charge in [0.2, 0.25) is 5.78 Å². The second-order valence-electron chi connectivity index (χ2n) is 5.24. The summed E-state index contributed by atoms with van der Waals surface area (Å²) in [4.78, 5) is 25.4. The summed E-state index contributed by atoms with van der Waals surface area (Å²) < 4.78 is 1.70. The van der Waals surface area contributed by atoms with Gasteiger partial charge in [-0.2, -0.15) is 0 Å². The summed E-state index contributed by atoms with van der Waals surface area (Å²) in [5.74, 6) is 0.336. The number of carbonyl (C=O) groups is 1. The highest BCUT2D eigenvalue weighted by Crippen LogP contribution is 2.16. The fourth-order valence-corrected chi connectivity index (χ4v) is 2.56. The predicted molar refractivity (Wildman–Crippen MR) is 82.6 cm³/mol. The summed E-state index contributed by atoms with van der Waals surface area (Å²) in [5, 5.41) is 2.98. The van der Waals surface area contributed by atoms with Crippen molar-refractivity contribution in [1.82, 2.24) is 24.7 Å². The molecule has 6 nitrogen and oxygen atoms in total. The van der Waals surface area contributed by atoms with E-state index < -0.39 is 0 Å². The SMILES string of the molecule is Cc1cccnc1[C@H](C)NC(=O)c1c(C)nc2ncccn12. The Morgan fingerprint density at radius 3 is 2.77 bits per heavy atom. The standard InChI is InChI=1S/C16H17N5O/c1-10-6-4-7-17-13(10)11(2)19-15(22)14-12(3)20-16-18-8-5-9-21(14)16/h4-9,11H,1-3H3,(H,19,22)/t11-/m0/s1. The summed E-state index contributed by atoms with van der Waals surface area (Å²) in [5.41, 5.74) is 3.07. The van der Waals surface area contributed by atoms with Gasteiger partial charge in [0.15, 0.2) is 0 Å². The van der Waals surface area contributed by atoms with Crippen molar-refractivity contribution in [1.29, 1.82) is 0 Å². The highest BCUT2D eigenvalue weighted by atomic mass is 16.2. The zero-order valence-corrected chi connectivity index (χ0v) is 12.7. The van der Waals surface area contributed by atoms with Gasteiger partial charge in [0.1, 0.15) is 5.69 Å². The van der Waals surface area contributed by atoms with E-state index in [0.29, 0.717) is 17.2 Å². The second-order valence-corrected chi connectivity index (χ2v) is 5.24. The van der Waals surface area contributed by atoms with E-state index in [9.17, 15) is 4.79 Å². The van der Waals surface area contributed by atoms with Crippen LogP contribution in [-0.2, 0) is 0 Å². The molecule has 1 amide bonds. The van der Waals surface area contributed by atoms with Gasteiger partial charge in [0, 0.05) is 18.6 Å². The minimum atomic E-state index is -0.185. The number of nitrogens with zero attached hydrogens (tertiary/aromatic N) is 4. The van der Waals surface area contributed by atoms with Crippen LogP contribution in [0.5, 0.6) is 0 Å². The van der Waals surface area contributed by atoms with Crippen molar-refractivity contribution in [3.8, 4) is 0 Å². The molecule has 1 N–H and O–H groups in total. The van der Waals surface area contributed by atoms with Crippen molar-refractivity contribution < 1.29 is 4.79 Å². The predicted octanol–water partition coefficient (Wildman–Crippen LogP) is 2.23. The maximum atomic E-state index is 12.6. The molecule has 1 atom stereocenters. The molecule has 0 radical (unpaired) electrons. The number of fused-ring (bicyclic) bond motifs is 1. The van der Waals surface area contributed by atoms with Crippen LogP contribution in [0.2, 0.25) is 0 Å². The minimum Gasteiger partial charge on any atom is -0.343 e. The number of hydrogen-bond donors (Lipinski definition) is 1.